The Morgan fingerprint density at radius 1 is 0.829 bits per heavy atom. The molecule has 2 amide bonds. The predicted octanol–water partition coefficient (Wildman–Crippen LogP) is 7.57. The van der Waals surface area contributed by atoms with Gasteiger partial charge in [0.2, 0.25) is 0 Å². The lowest BCUT2D eigenvalue weighted by atomic mass is 9.93. The molecular formula is C31H35BrN2O7. The third-order valence-corrected chi connectivity index (χ3v) is 7.41. The van der Waals surface area contributed by atoms with Gasteiger partial charge in [0.25, 0.3) is 5.91 Å². The number of imide groups is 1. The van der Waals surface area contributed by atoms with Crippen LogP contribution in [0.5, 0.6) is 0 Å². The van der Waals surface area contributed by atoms with Crippen molar-refractivity contribution < 1.29 is 33.4 Å². The number of rotatable bonds is 10. The Labute approximate surface area is 247 Å². The molecule has 0 radical (unpaired) electrons. The van der Waals surface area contributed by atoms with Gasteiger partial charge in [0.1, 0.15) is 0 Å². The first kappa shape index (κ1) is 30.3. The summed E-state index contributed by atoms with van der Waals surface area (Å²) in [6, 6.07) is 12.0. The van der Waals surface area contributed by atoms with E-state index in [1.54, 1.807) is 42.5 Å². The van der Waals surface area contributed by atoms with Gasteiger partial charge in [-0.25, -0.2) is 19.1 Å². The molecule has 0 N–H and O–H groups in total. The van der Waals surface area contributed by atoms with E-state index in [1.807, 2.05) is 20.8 Å². The van der Waals surface area contributed by atoms with Crippen LogP contribution in [0.2, 0.25) is 0 Å². The number of hydrogen-bond acceptors (Lipinski definition) is 7. The number of carbonyl (C=O) groups is 4. The summed E-state index contributed by atoms with van der Waals surface area (Å²) in [5, 5.41) is 0.489. The molecule has 0 fully saturated rings. The third-order valence-electron chi connectivity index (χ3n) is 6.91. The van der Waals surface area contributed by atoms with Gasteiger partial charge in [0, 0.05) is 21.0 Å². The highest BCUT2D eigenvalue weighted by atomic mass is 79.9. The van der Waals surface area contributed by atoms with Crippen molar-refractivity contribution in [1.29, 1.82) is 0 Å². The van der Waals surface area contributed by atoms with Crippen molar-refractivity contribution in [2.24, 2.45) is 0 Å². The van der Waals surface area contributed by atoms with Crippen LogP contribution in [-0.2, 0) is 23.8 Å². The number of nitrogens with zero attached hydrogens (tertiary/aromatic N) is 2. The zero-order valence-corrected chi connectivity index (χ0v) is 25.2. The number of unbranched alkanes of at least 4 members (excludes halogenated alkanes) is 3. The molecule has 41 heavy (non-hydrogen) atoms. The van der Waals surface area contributed by atoms with E-state index in [4.69, 9.17) is 14.2 Å². The first-order valence-electron chi connectivity index (χ1n) is 14.1. The van der Waals surface area contributed by atoms with Crippen LogP contribution in [0, 0.1) is 0 Å². The molecule has 2 heterocycles. The molecule has 2 aromatic carbocycles. The molecular weight excluding hydrogens is 592 g/mol. The summed E-state index contributed by atoms with van der Waals surface area (Å²) >= 11 is 3.49. The van der Waals surface area contributed by atoms with E-state index in [2.05, 4.69) is 15.9 Å². The van der Waals surface area contributed by atoms with Crippen LogP contribution in [-0.4, -0.2) is 48.5 Å². The molecule has 9 nitrogen and oxygen atoms in total. The van der Waals surface area contributed by atoms with Crippen LogP contribution >= 0.6 is 15.9 Å². The number of carbonyl (C=O) groups excluding carboxylic acids is 4. The molecule has 1 aliphatic heterocycles. The van der Waals surface area contributed by atoms with E-state index in [0.717, 1.165) is 24.2 Å². The lowest BCUT2D eigenvalue weighted by molar-refractivity contribution is -0.148. The van der Waals surface area contributed by atoms with Crippen molar-refractivity contribution in [3.63, 3.8) is 0 Å². The highest BCUT2D eigenvalue weighted by Crippen LogP contribution is 2.47. The van der Waals surface area contributed by atoms with Gasteiger partial charge in [0.05, 0.1) is 36.7 Å². The van der Waals surface area contributed by atoms with Gasteiger partial charge < -0.3 is 14.2 Å². The maximum Gasteiger partial charge on any atom is 0.421 e. The monoisotopic (exact) mass is 626 g/mol. The number of aromatic nitrogens is 1. The number of esters is 1. The van der Waals surface area contributed by atoms with Crippen LogP contribution in [0.25, 0.3) is 22.2 Å². The fourth-order valence-electron chi connectivity index (χ4n) is 4.82. The SMILES string of the molecule is CCCCOC(=O)C1C(=O)N(C(=O)OCCCC)c2ccccc2-c2c1c1cc(Br)ccc1n2C(=O)OCCCC. The maximum absolute atomic E-state index is 14.3. The number of fused-ring (bicyclic) bond motifs is 5. The Bertz CT molecular complexity index is 1450. The van der Waals surface area contributed by atoms with Gasteiger partial charge in [-0.1, -0.05) is 74.2 Å². The second-order valence-corrected chi connectivity index (χ2v) is 10.8. The second-order valence-electron chi connectivity index (χ2n) is 9.84. The second kappa shape index (κ2) is 13.8. The van der Waals surface area contributed by atoms with Crippen molar-refractivity contribution >= 4 is 56.6 Å². The molecule has 0 bridgehead atoms. The molecule has 218 valence electrons. The summed E-state index contributed by atoms with van der Waals surface area (Å²) in [5.41, 5.74) is 1.65. The number of amides is 2. The highest BCUT2D eigenvalue weighted by molar-refractivity contribution is 9.10. The van der Waals surface area contributed by atoms with Crippen LogP contribution in [0.4, 0.5) is 15.3 Å². The molecule has 4 rings (SSSR count). The molecule has 0 saturated heterocycles. The smallest absolute Gasteiger partial charge is 0.421 e. The molecule has 3 aromatic rings. The lowest BCUT2D eigenvalue weighted by Crippen LogP contribution is -2.42. The van der Waals surface area contributed by atoms with Crippen LogP contribution in [0.15, 0.2) is 46.9 Å². The van der Waals surface area contributed by atoms with Crippen molar-refractivity contribution in [2.75, 3.05) is 24.7 Å². The summed E-state index contributed by atoms with van der Waals surface area (Å²) in [7, 11) is 0. The maximum atomic E-state index is 14.3. The molecule has 0 spiro atoms. The molecule has 10 heteroatoms. The number of hydrogen-bond donors (Lipinski definition) is 0. The van der Waals surface area contributed by atoms with Gasteiger partial charge in [0.15, 0.2) is 5.92 Å². The minimum atomic E-state index is -1.53. The van der Waals surface area contributed by atoms with E-state index in [0.29, 0.717) is 45.9 Å². The fourth-order valence-corrected chi connectivity index (χ4v) is 5.18. The summed E-state index contributed by atoms with van der Waals surface area (Å²) in [6.45, 7) is 6.35. The Morgan fingerprint density at radius 3 is 2.10 bits per heavy atom. The Kier molecular flexibility index (Phi) is 10.2. The van der Waals surface area contributed by atoms with E-state index >= 15 is 0 Å². The summed E-state index contributed by atoms with van der Waals surface area (Å²) < 4.78 is 18.8. The predicted molar refractivity (Wildman–Crippen MR) is 159 cm³/mol. The van der Waals surface area contributed by atoms with Crippen molar-refractivity contribution in [3.05, 3.63) is 52.5 Å². The van der Waals surface area contributed by atoms with Gasteiger partial charge in [-0.3, -0.25) is 9.59 Å². The molecule has 0 aliphatic carbocycles. The van der Waals surface area contributed by atoms with Gasteiger partial charge in [-0.05, 0) is 43.5 Å². The van der Waals surface area contributed by atoms with E-state index in [1.165, 1.54) is 4.57 Å². The molecule has 1 aromatic heterocycles. The van der Waals surface area contributed by atoms with Crippen molar-refractivity contribution in [1.82, 2.24) is 4.57 Å². The van der Waals surface area contributed by atoms with E-state index in [-0.39, 0.29) is 31.1 Å². The molecule has 0 saturated carbocycles. The number of para-hydroxylation sites is 1. The van der Waals surface area contributed by atoms with Gasteiger partial charge in [-0.2, -0.15) is 0 Å². The molecule has 1 aliphatic rings. The van der Waals surface area contributed by atoms with Gasteiger partial charge in [-0.15, -0.1) is 0 Å². The number of ether oxygens (including phenoxy) is 3. The van der Waals surface area contributed by atoms with E-state index < -0.39 is 30.0 Å². The minimum Gasteiger partial charge on any atom is -0.465 e. The molecule has 1 atom stereocenters. The first-order valence-corrected chi connectivity index (χ1v) is 14.9. The topological polar surface area (TPSA) is 104 Å². The first-order chi connectivity index (χ1) is 19.8. The summed E-state index contributed by atoms with van der Waals surface area (Å²) in [4.78, 5) is 56.1. The standard InChI is InChI=1S/C31H35BrN2O7/c1-4-7-16-39-29(36)26-25-22-19-20(32)14-15-24(22)33(30(37)40-17-8-5-2)27(25)21-12-10-11-13-23(21)34(28(26)35)31(38)41-18-9-6-3/h10-15,19,26H,4-9,16-18H2,1-3H3. The normalized spacial score (nSPS) is 14.3. The Morgan fingerprint density at radius 2 is 1.44 bits per heavy atom. The van der Waals surface area contributed by atoms with Crippen molar-refractivity contribution in [3.8, 4) is 11.3 Å². The third kappa shape index (κ3) is 6.17. The number of anilines is 1. The van der Waals surface area contributed by atoms with Crippen molar-refractivity contribution in [2.45, 2.75) is 65.2 Å². The lowest BCUT2D eigenvalue weighted by Gasteiger charge is -2.23. The highest BCUT2D eigenvalue weighted by Gasteiger charge is 2.46. The zero-order chi connectivity index (χ0) is 29.5. The Balaban J connectivity index is 2.02. The fraction of sp³-hybridized carbons (Fsp3) is 0.419. The van der Waals surface area contributed by atoms with Crippen LogP contribution < -0.4 is 4.90 Å². The average Bonchev–Trinajstić information content (AvgIpc) is 3.22. The van der Waals surface area contributed by atoms with Gasteiger partial charge >= 0.3 is 18.2 Å². The quantitative estimate of drug-likeness (QED) is 0.0989. The summed E-state index contributed by atoms with van der Waals surface area (Å²) in [5.74, 6) is -3.14. The van der Waals surface area contributed by atoms with Crippen LogP contribution in [0.3, 0.4) is 0 Å². The minimum absolute atomic E-state index is 0.115. The largest absolute Gasteiger partial charge is 0.465 e. The molecule has 1 unspecified atom stereocenters. The Hall–Kier alpha value is -3.66. The average molecular weight is 628 g/mol. The van der Waals surface area contributed by atoms with E-state index in [9.17, 15) is 19.2 Å². The van der Waals surface area contributed by atoms with Crippen LogP contribution in [0.1, 0.15) is 70.8 Å². The number of benzene rings is 2. The number of halogens is 1. The summed E-state index contributed by atoms with van der Waals surface area (Å²) in [6.07, 6.45) is 2.78. The zero-order valence-electron chi connectivity index (χ0n) is 23.6.